The fourth-order valence-corrected chi connectivity index (χ4v) is 7.46. The second-order valence-corrected chi connectivity index (χ2v) is 12.9. The van der Waals surface area contributed by atoms with E-state index in [1.807, 2.05) is 18.9 Å². The van der Waals surface area contributed by atoms with E-state index in [0.29, 0.717) is 40.4 Å². The van der Waals surface area contributed by atoms with Gasteiger partial charge in [0.1, 0.15) is 24.2 Å². The molecule has 0 radical (unpaired) electrons. The van der Waals surface area contributed by atoms with Crippen LogP contribution in [0.1, 0.15) is 72.3 Å². The molecule has 3 aliphatic rings. The van der Waals surface area contributed by atoms with Crippen molar-refractivity contribution < 1.29 is 48.2 Å². The molecule has 12 nitrogen and oxygen atoms in total. The van der Waals surface area contributed by atoms with Crippen LogP contribution in [0, 0.1) is 19.3 Å². The second-order valence-electron chi connectivity index (χ2n) is 12.9. The van der Waals surface area contributed by atoms with Crippen LogP contribution in [-0.2, 0) is 20.7 Å². The number of aliphatic hydroxyl groups excluding tert-OH is 1. The van der Waals surface area contributed by atoms with E-state index >= 15 is 0 Å². The van der Waals surface area contributed by atoms with E-state index in [-0.39, 0.29) is 35.3 Å². The Balaban J connectivity index is 1.84. The molecule has 2 aromatic rings. The summed E-state index contributed by atoms with van der Waals surface area (Å²) in [5, 5.41) is 24.0. The molecule has 0 saturated carbocycles. The van der Waals surface area contributed by atoms with Gasteiger partial charge in [-0.3, -0.25) is 14.5 Å². The number of amides is 1. The minimum Gasteiger partial charge on any atom is -0.507 e. The number of hydrogen-bond acceptors (Lipinski definition) is 11. The van der Waals surface area contributed by atoms with Gasteiger partial charge in [0.2, 0.25) is 5.91 Å². The summed E-state index contributed by atoms with van der Waals surface area (Å²) in [6, 6.07) is -3.15. The van der Waals surface area contributed by atoms with Crippen molar-refractivity contribution in [2.75, 3.05) is 49.2 Å². The van der Waals surface area contributed by atoms with Crippen LogP contribution in [0.3, 0.4) is 0 Å². The molecule has 5 rings (SSSR count). The summed E-state index contributed by atoms with van der Waals surface area (Å²) in [6.07, 6.45) is -1.09. The van der Waals surface area contributed by atoms with Crippen LogP contribution in [0.2, 0.25) is 0 Å². The normalized spacial score (nSPS) is 23.9. The average Bonchev–Trinajstić information content (AvgIpc) is 2.99. The first kappa shape index (κ1) is 32.5. The van der Waals surface area contributed by atoms with E-state index in [1.165, 1.54) is 14.2 Å². The molecule has 2 bridgehead atoms. The van der Waals surface area contributed by atoms with Gasteiger partial charge in [-0.05, 0) is 41.7 Å². The van der Waals surface area contributed by atoms with E-state index in [9.17, 15) is 19.8 Å². The maximum Gasteiger partial charge on any atom is 0.311 e. The molecule has 0 aromatic heterocycles. The molecule has 0 aliphatic carbocycles. The van der Waals surface area contributed by atoms with Crippen molar-refractivity contribution in [1.82, 2.24) is 9.80 Å². The highest BCUT2D eigenvalue weighted by atomic mass is 16.5. The first-order valence-electron chi connectivity index (χ1n) is 14.9. The van der Waals surface area contributed by atoms with E-state index in [2.05, 4.69) is 0 Å². The van der Waals surface area contributed by atoms with Crippen molar-refractivity contribution in [1.29, 1.82) is 0 Å². The minimum atomic E-state index is -1.39. The van der Waals surface area contributed by atoms with Gasteiger partial charge in [0.25, 0.3) is 0 Å². The molecule has 12 heteroatoms. The molecule has 45 heavy (non-hydrogen) atoms. The highest BCUT2D eigenvalue weighted by Gasteiger charge is 2.59. The molecule has 3 aliphatic heterocycles. The fourth-order valence-electron chi connectivity index (χ4n) is 7.46. The van der Waals surface area contributed by atoms with Crippen LogP contribution in [-0.4, -0.2) is 93.2 Å². The van der Waals surface area contributed by atoms with Gasteiger partial charge in [-0.2, -0.15) is 0 Å². The third-order valence-electron chi connectivity index (χ3n) is 9.52. The third kappa shape index (κ3) is 4.55. The maximum absolute atomic E-state index is 14.7. The number of ether oxygens (including phenoxy) is 6. The lowest BCUT2D eigenvalue weighted by molar-refractivity contribution is -0.173. The zero-order valence-electron chi connectivity index (χ0n) is 27.9. The summed E-state index contributed by atoms with van der Waals surface area (Å²) in [5.41, 5.74) is 2.28. The number of carbonyl (C=O) groups excluding carboxylic acids is 2. The minimum absolute atomic E-state index is 0.181. The zero-order valence-corrected chi connectivity index (χ0v) is 27.9. The Kier molecular flexibility index (Phi) is 8.28. The van der Waals surface area contributed by atoms with E-state index in [1.54, 1.807) is 53.9 Å². The quantitative estimate of drug-likeness (QED) is 0.436. The number of likely N-dealkylation sites (N-methyl/N-ethyl adjacent to an activating group) is 1. The number of hydrogen-bond donors (Lipinski definition) is 2. The summed E-state index contributed by atoms with van der Waals surface area (Å²) in [5.74, 6) is 1.09. The summed E-state index contributed by atoms with van der Waals surface area (Å²) < 4.78 is 35.0. The van der Waals surface area contributed by atoms with Crippen molar-refractivity contribution in [3.63, 3.8) is 0 Å². The molecule has 3 heterocycles. The number of piperazine rings is 1. The van der Waals surface area contributed by atoms with Gasteiger partial charge in [-0.1, -0.05) is 0 Å². The lowest BCUT2D eigenvalue weighted by Gasteiger charge is -2.58. The Morgan fingerprint density at radius 3 is 1.91 bits per heavy atom. The number of nitrogens with zero attached hydrogens (tertiary/aromatic N) is 2. The van der Waals surface area contributed by atoms with Gasteiger partial charge in [0.05, 0.1) is 65.1 Å². The lowest BCUT2D eigenvalue weighted by Crippen LogP contribution is -2.68. The molecule has 1 fully saturated rings. The van der Waals surface area contributed by atoms with E-state index in [4.69, 9.17) is 28.4 Å². The van der Waals surface area contributed by atoms with Gasteiger partial charge >= 0.3 is 5.97 Å². The first-order chi connectivity index (χ1) is 21.2. The van der Waals surface area contributed by atoms with Crippen LogP contribution in [0.4, 0.5) is 0 Å². The molecular formula is C33H44N2O10. The standard InChI is InChI=1S/C33H44N2O10/c1-14-24(36)21-20(30(44-11)27(14)41-8)18(13-45-32(39)33(3,4)5)35-23(25(21)37)22-19-16(12-17(31(35)38)34(22)6)26(40-7)15(2)28(42-9)29(19)43-10/h17-18,22-23,25,36-37H,12-13H2,1-11H3/t17-,18-,22+,23+,25?/m0/s1. The second kappa shape index (κ2) is 11.5. The molecule has 246 valence electrons. The van der Waals surface area contributed by atoms with Crippen molar-refractivity contribution in [2.45, 2.75) is 71.3 Å². The van der Waals surface area contributed by atoms with Gasteiger partial charge in [-0.25, -0.2) is 0 Å². The molecule has 0 spiro atoms. The van der Waals surface area contributed by atoms with Gasteiger partial charge in [0, 0.05) is 39.8 Å². The fraction of sp³-hybridized carbons (Fsp3) is 0.576. The number of phenolic OH excluding ortho intramolecular Hbond substituents is 1. The summed E-state index contributed by atoms with van der Waals surface area (Å²) in [4.78, 5) is 31.2. The SMILES string of the molecule is COc1c(C)c(OC)c(OC)c2c1C[C@H]1C(=O)N3[C@@H](COC(=O)C(C)(C)C)c4c(OC)c(OC)c(C)c(O)c4C(O)[C@H]3[C@@H]2N1C. The molecular weight excluding hydrogens is 584 g/mol. The van der Waals surface area contributed by atoms with Crippen LogP contribution < -0.4 is 23.7 Å². The van der Waals surface area contributed by atoms with Crippen molar-refractivity contribution in [3.05, 3.63) is 33.4 Å². The summed E-state index contributed by atoms with van der Waals surface area (Å²) in [7, 11) is 9.41. The number of rotatable bonds is 7. The molecule has 1 saturated heterocycles. The number of carbonyl (C=O) groups is 2. The van der Waals surface area contributed by atoms with Crippen LogP contribution in [0.5, 0.6) is 34.5 Å². The third-order valence-corrected chi connectivity index (χ3v) is 9.52. The van der Waals surface area contributed by atoms with Crippen molar-refractivity contribution >= 4 is 11.9 Å². The maximum atomic E-state index is 14.7. The number of aliphatic hydroxyl groups is 1. The van der Waals surface area contributed by atoms with Crippen molar-refractivity contribution in [2.24, 2.45) is 5.41 Å². The number of phenols is 1. The van der Waals surface area contributed by atoms with Crippen LogP contribution in [0.15, 0.2) is 0 Å². The Hall–Kier alpha value is -3.90. The Bertz CT molecular complexity index is 1550. The zero-order chi connectivity index (χ0) is 33.3. The number of benzene rings is 2. The molecule has 1 amide bonds. The highest BCUT2D eigenvalue weighted by Crippen LogP contribution is 2.60. The van der Waals surface area contributed by atoms with Gasteiger partial charge in [0.15, 0.2) is 23.0 Å². The van der Waals surface area contributed by atoms with Crippen LogP contribution in [0.25, 0.3) is 0 Å². The molecule has 2 N–H and O–H groups in total. The molecule has 1 unspecified atom stereocenters. The smallest absolute Gasteiger partial charge is 0.311 e. The lowest BCUT2D eigenvalue weighted by atomic mass is 9.72. The Labute approximate surface area is 263 Å². The van der Waals surface area contributed by atoms with E-state index in [0.717, 1.165) is 11.1 Å². The van der Waals surface area contributed by atoms with Crippen molar-refractivity contribution in [3.8, 4) is 34.5 Å². The summed E-state index contributed by atoms with van der Waals surface area (Å²) in [6.45, 7) is 8.52. The topological polar surface area (TPSA) is 136 Å². The number of methoxy groups -OCH3 is 5. The average molecular weight is 629 g/mol. The van der Waals surface area contributed by atoms with Gasteiger partial charge in [-0.15, -0.1) is 0 Å². The van der Waals surface area contributed by atoms with Gasteiger partial charge < -0.3 is 43.5 Å². The number of esters is 1. The molecule has 5 atom stereocenters. The monoisotopic (exact) mass is 628 g/mol. The number of aromatic hydroxyl groups is 1. The Morgan fingerprint density at radius 2 is 1.38 bits per heavy atom. The number of fused-ring (bicyclic) bond motifs is 7. The largest absolute Gasteiger partial charge is 0.507 e. The predicted molar refractivity (Wildman–Crippen MR) is 164 cm³/mol. The van der Waals surface area contributed by atoms with Crippen LogP contribution >= 0.6 is 0 Å². The predicted octanol–water partition coefficient (Wildman–Crippen LogP) is 3.54. The first-order valence-corrected chi connectivity index (χ1v) is 14.9. The highest BCUT2D eigenvalue weighted by molar-refractivity contribution is 5.87. The molecule has 2 aromatic carbocycles. The van der Waals surface area contributed by atoms with E-state index < -0.39 is 41.7 Å². The summed E-state index contributed by atoms with van der Waals surface area (Å²) >= 11 is 0. The Morgan fingerprint density at radius 1 is 0.844 bits per heavy atom.